The predicted octanol–water partition coefficient (Wildman–Crippen LogP) is 2.50. The molecule has 112 valence electrons. The van der Waals surface area contributed by atoms with Crippen molar-refractivity contribution in [2.75, 3.05) is 0 Å². The minimum atomic E-state index is -0.606. The second-order valence-electron chi connectivity index (χ2n) is 7.19. The van der Waals surface area contributed by atoms with Crippen molar-refractivity contribution in [3.63, 3.8) is 0 Å². The second-order valence-corrected chi connectivity index (χ2v) is 7.19. The first-order valence-electron chi connectivity index (χ1n) is 7.88. The van der Waals surface area contributed by atoms with Gasteiger partial charge in [0, 0.05) is 11.3 Å². The normalized spacial score (nSPS) is 41.0. The van der Waals surface area contributed by atoms with Crippen molar-refractivity contribution in [1.82, 2.24) is 0 Å². The van der Waals surface area contributed by atoms with Crippen LogP contribution in [0.25, 0.3) is 0 Å². The first-order valence-corrected chi connectivity index (χ1v) is 7.88. The Hall–Kier alpha value is -1.32. The predicted molar refractivity (Wildman–Crippen MR) is 80.1 cm³/mol. The highest BCUT2D eigenvalue weighted by Crippen LogP contribution is 2.59. The molecule has 3 nitrogen and oxygen atoms in total. The molecule has 0 aromatic heterocycles. The Morgan fingerprint density at radius 2 is 2.05 bits per heavy atom. The largest absolute Gasteiger partial charge is 0.508 e. The fraction of sp³-hybridized carbons (Fsp3) is 0.556. The van der Waals surface area contributed by atoms with E-state index in [4.69, 9.17) is 0 Å². The Bertz CT molecular complexity index is 621. The van der Waals surface area contributed by atoms with Crippen molar-refractivity contribution in [2.45, 2.75) is 50.7 Å². The molecule has 0 radical (unpaired) electrons. The van der Waals surface area contributed by atoms with Crippen LogP contribution in [-0.4, -0.2) is 27.5 Å². The molecule has 4 rings (SSSR count). The number of hydrogen-bond donors (Lipinski definition) is 3. The maximum atomic E-state index is 10.4. The fourth-order valence-electron chi connectivity index (χ4n) is 4.95. The van der Waals surface area contributed by atoms with Crippen LogP contribution < -0.4 is 0 Å². The molecule has 5 atom stereocenters. The molecule has 3 N–H and O–H groups in total. The van der Waals surface area contributed by atoms with E-state index in [1.807, 2.05) is 12.1 Å². The van der Waals surface area contributed by atoms with Crippen LogP contribution in [0.2, 0.25) is 0 Å². The molecular formula is C18H22O3. The number of aliphatic hydroxyl groups excluding tert-OH is 2. The van der Waals surface area contributed by atoms with Crippen LogP contribution in [0.5, 0.6) is 5.75 Å². The minimum Gasteiger partial charge on any atom is -0.508 e. The summed E-state index contributed by atoms with van der Waals surface area (Å²) in [4.78, 5) is 0. The summed E-state index contributed by atoms with van der Waals surface area (Å²) in [5.41, 5.74) is 3.75. The zero-order valence-electron chi connectivity index (χ0n) is 12.3. The van der Waals surface area contributed by atoms with Gasteiger partial charge in [0.25, 0.3) is 0 Å². The van der Waals surface area contributed by atoms with Gasteiger partial charge in [-0.15, -0.1) is 0 Å². The Labute approximate surface area is 124 Å². The lowest BCUT2D eigenvalue weighted by Crippen LogP contribution is -2.41. The number of rotatable bonds is 0. The van der Waals surface area contributed by atoms with Crippen molar-refractivity contribution in [1.29, 1.82) is 0 Å². The Kier molecular flexibility index (Phi) is 2.76. The van der Waals surface area contributed by atoms with Crippen LogP contribution in [0.4, 0.5) is 0 Å². The summed E-state index contributed by atoms with van der Waals surface area (Å²) in [7, 11) is 0. The van der Waals surface area contributed by atoms with E-state index < -0.39 is 12.2 Å². The smallest absolute Gasteiger partial charge is 0.115 e. The van der Waals surface area contributed by atoms with Gasteiger partial charge in [0.15, 0.2) is 0 Å². The number of aliphatic hydroxyl groups is 2. The topological polar surface area (TPSA) is 60.7 Å². The molecule has 0 heterocycles. The third-order valence-electron chi connectivity index (χ3n) is 6.15. The molecule has 0 bridgehead atoms. The lowest BCUT2D eigenvalue weighted by Gasteiger charge is -2.45. The zero-order valence-corrected chi connectivity index (χ0v) is 12.3. The van der Waals surface area contributed by atoms with Crippen LogP contribution in [0.3, 0.4) is 0 Å². The molecule has 1 aromatic carbocycles. The monoisotopic (exact) mass is 286 g/mol. The lowest BCUT2D eigenvalue weighted by molar-refractivity contribution is -0.0288. The standard InChI is InChI=1S/C18H22O3/c1-18-7-6-13-12-5-3-11(19)8-10(12)2-4-14(13)15(18)9-16(20)17(18)21/h3-5,8,13,15-17,19-21H,2,6-7,9H2,1H3/t13-,15+,16-,17+,18+/m1/s1. The molecule has 3 aliphatic rings. The molecule has 2 fully saturated rings. The van der Waals surface area contributed by atoms with E-state index in [-0.39, 0.29) is 11.3 Å². The van der Waals surface area contributed by atoms with E-state index in [9.17, 15) is 15.3 Å². The van der Waals surface area contributed by atoms with E-state index in [1.165, 1.54) is 16.7 Å². The first kappa shape index (κ1) is 13.4. The molecule has 21 heavy (non-hydrogen) atoms. The van der Waals surface area contributed by atoms with Crippen LogP contribution in [-0.2, 0) is 6.42 Å². The van der Waals surface area contributed by atoms with Crippen molar-refractivity contribution >= 4 is 0 Å². The van der Waals surface area contributed by atoms with Gasteiger partial charge in [0.05, 0.1) is 12.2 Å². The lowest BCUT2D eigenvalue weighted by atomic mass is 9.59. The Balaban J connectivity index is 1.75. The van der Waals surface area contributed by atoms with Crippen LogP contribution in [0, 0.1) is 11.3 Å². The number of hydrogen-bond acceptors (Lipinski definition) is 3. The quantitative estimate of drug-likeness (QED) is 0.642. The average molecular weight is 286 g/mol. The number of phenolic OH excluding ortho intramolecular Hbond substituents is 1. The summed E-state index contributed by atoms with van der Waals surface area (Å²) in [6.45, 7) is 2.13. The third-order valence-corrected chi connectivity index (χ3v) is 6.15. The summed E-state index contributed by atoms with van der Waals surface area (Å²) in [6, 6.07) is 5.69. The van der Waals surface area contributed by atoms with E-state index in [2.05, 4.69) is 13.0 Å². The molecule has 0 spiro atoms. The summed E-state index contributed by atoms with van der Waals surface area (Å²) < 4.78 is 0. The minimum absolute atomic E-state index is 0.184. The summed E-state index contributed by atoms with van der Waals surface area (Å²) >= 11 is 0. The van der Waals surface area contributed by atoms with Crippen LogP contribution in [0.1, 0.15) is 43.2 Å². The molecule has 2 saturated carbocycles. The Morgan fingerprint density at radius 3 is 2.86 bits per heavy atom. The molecular weight excluding hydrogens is 264 g/mol. The highest BCUT2D eigenvalue weighted by atomic mass is 16.3. The second kappa shape index (κ2) is 4.34. The van der Waals surface area contributed by atoms with Crippen molar-refractivity contribution < 1.29 is 15.3 Å². The van der Waals surface area contributed by atoms with Crippen LogP contribution >= 0.6 is 0 Å². The maximum absolute atomic E-state index is 10.4. The van der Waals surface area contributed by atoms with Gasteiger partial charge in [-0.2, -0.15) is 0 Å². The number of aromatic hydroxyl groups is 1. The van der Waals surface area contributed by atoms with Gasteiger partial charge in [-0.25, -0.2) is 0 Å². The number of fused-ring (bicyclic) bond motifs is 5. The number of allylic oxidation sites excluding steroid dienone is 2. The molecule has 0 unspecified atom stereocenters. The molecule has 3 aliphatic carbocycles. The summed E-state index contributed by atoms with van der Waals surface area (Å²) in [6.07, 6.45) is 4.55. The molecule has 1 aromatic rings. The van der Waals surface area contributed by atoms with E-state index >= 15 is 0 Å². The van der Waals surface area contributed by atoms with Gasteiger partial charge < -0.3 is 15.3 Å². The van der Waals surface area contributed by atoms with Gasteiger partial charge >= 0.3 is 0 Å². The zero-order chi connectivity index (χ0) is 14.8. The number of benzene rings is 1. The van der Waals surface area contributed by atoms with E-state index in [1.54, 1.807) is 6.07 Å². The first-order chi connectivity index (χ1) is 10.0. The van der Waals surface area contributed by atoms with Gasteiger partial charge in [0.2, 0.25) is 0 Å². The van der Waals surface area contributed by atoms with Crippen molar-refractivity contribution in [3.05, 3.63) is 41.0 Å². The summed E-state index contributed by atoms with van der Waals surface area (Å²) in [5.74, 6) is 1.01. The van der Waals surface area contributed by atoms with Gasteiger partial charge in [-0.3, -0.25) is 0 Å². The van der Waals surface area contributed by atoms with E-state index in [0.717, 1.165) is 19.3 Å². The van der Waals surface area contributed by atoms with Gasteiger partial charge in [-0.05, 0) is 54.9 Å². The van der Waals surface area contributed by atoms with E-state index in [0.29, 0.717) is 18.1 Å². The van der Waals surface area contributed by atoms with Crippen molar-refractivity contribution in [3.8, 4) is 5.75 Å². The number of phenols is 1. The summed E-state index contributed by atoms with van der Waals surface area (Å²) in [5, 5.41) is 30.1. The molecule has 0 saturated heterocycles. The van der Waals surface area contributed by atoms with Crippen molar-refractivity contribution in [2.24, 2.45) is 11.3 Å². The molecule has 0 amide bonds. The maximum Gasteiger partial charge on any atom is 0.115 e. The fourth-order valence-corrected chi connectivity index (χ4v) is 4.95. The molecule has 3 heteroatoms. The highest BCUT2D eigenvalue weighted by Gasteiger charge is 2.55. The SMILES string of the molecule is C[C@]12CC[C@H]3C(=CCc4cc(O)ccc43)[C@@H]1C[C@@H](O)[C@@H]2O. The molecule has 0 aliphatic heterocycles. The Morgan fingerprint density at radius 1 is 1.24 bits per heavy atom. The van der Waals surface area contributed by atoms with Gasteiger partial charge in [-0.1, -0.05) is 24.6 Å². The average Bonchev–Trinajstić information content (AvgIpc) is 2.70. The highest BCUT2D eigenvalue weighted by molar-refractivity contribution is 5.47. The van der Waals surface area contributed by atoms with Crippen LogP contribution in [0.15, 0.2) is 29.8 Å². The van der Waals surface area contributed by atoms with Gasteiger partial charge in [0.1, 0.15) is 5.75 Å². The third kappa shape index (κ3) is 1.74.